The Morgan fingerprint density at radius 2 is 2.11 bits per heavy atom. The number of benzene rings is 1. The van der Waals surface area contributed by atoms with Crippen LogP contribution >= 0.6 is 0 Å². The van der Waals surface area contributed by atoms with E-state index in [1.165, 1.54) is 6.07 Å². The van der Waals surface area contributed by atoms with Crippen LogP contribution in [-0.4, -0.2) is 17.1 Å². The molecule has 5 nitrogen and oxygen atoms in total. The highest BCUT2D eigenvalue weighted by Crippen LogP contribution is 2.27. The lowest BCUT2D eigenvalue weighted by atomic mass is 9.93. The lowest BCUT2D eigenvalue weighted by Crippen LogP contribution is -2.41. The summed E-state index contributed by atoms with van der Waals surface area (Å²) < 4.78 is 5.84. The molecule has 1 aliphatic carbocycles. The summed E-state index contributed by atoms with van der Waals surface area (Å²) in [6.45, 7) is 1.71. The van der Waals surface area contributed by atoms with Crippen molar-refractivity contribution in [2.45, 2.75) is 44.8 Å². The summed E-state index contributed by atoms with van der Waals surface area (Å²) in [6.07, 6.45) is 4.25. The number of aryl methyl sites for hydroxylation is 1. The van der Waals surface area contributed by atoms with Gasteiger partial charge in [0, 0.05) is 17.7 Å². The number of rotatable bonds is 3. The van der Waals surface area contributed by atoms with Crippen molar-refractivity contribution in [1.82, 2.24) is 0 Å². The van der Waals surface area contributed by atoms with Crippen molar-refractivity contribution in [3.05, 3.63) is 33.9 Å². The molecule has 0 heterocycles. The molecule has 1 aromatic rings. The fourth-order valence-electron chi connectivity index (χ4n) is 2.35. The lowest BCUT2D eigenvalue weighted by molar-refractivity contribution is -0.385. The predicted molar refractivity (Wildman–Crippen MR) is 68.7 cm³/mol. The Morgan fingerprint density at radius 3 is 2.72 bits per heavy atom. The molecule has 1 saturated carbocycles. The van der Waals surface area contributed by atoms with Crippen molar-refractivity contribution in [2.75, 3.05) is 0 Å². The molecule has 1 aliphatic rings. The molecule has 1 aromatic carbocycles. The fourth-order valence-corrected chi connectivity index (χ4v) is 2.35. The van der Waals surface area contributed by atoms with Crippen molar-refractivity contribution in [2.24, 2.45) is 5.73 Å². The minimum Gasteiger partial charge on any atom is -0.489 e. The van der Waals surface area contributed by atoms with E-state index in [-0.39, 0.29) is 22.8 Å². The van der Waals surface area contributed by atoms with Gasteiger partial charge in [-0.05, 0) is 38.3 Å². The quantitative estimate of drug-likeness (QED) is 0.660. The first-order valence-corrected chi connectivity index (χ1v) is 6.25. The topological polar surface area (TPSA) is 78.4 Å². The van der Waals surface area contributed by atoms with Crippen LogP contribution in [0.1, 0.15) is 31.2 Å². The molecule has 0 saturated heterocycles. The maximum absolute atomic E-state index is 10.7. The summed E-state index contributed by atoms with van der Waals surface area (Å²) in [7, 11) is 0. The summed E-state index contributed by atoms with van der Waals surface area (Å²) in [5.74, 6) is 0.667. The van der Waals surface area contributed by atoms with Gasteiger partial charge in [0.25, 0.3) is 5.69 Å². The molecule has 18 heavy (non-hydrogen) atoms. The average Bonchev–Trinajstić information content (AvgIpc) is 2.32. The summed E-state index contributed by atoms with van der Waals surface area (Å²) in [5, 5.41) is 10.7. The summed E-state index contributed by atoms with van der Waals surface area (Å²) in [5.41, 5.74) is 6.74. The highest BCUT2D eigenvalue weighted by atomic mass is 16.6. The molecule has 0 bridgehead atoms. The molecule has 0 aromatic heterocycles. The minimum absolute atomic E-state index is 0.0274. The summed E-state index contributed by atoms with van der Waals surface area (Å²) in [4.78, 5) is 10.3. The molecule has 2 rings (SSSR count). The smallest absolute Gasteiger partial charge is 0.272 e. The zero-order valence-electron chi connectivity index (χ0n) is 10.5. The highest BCUT2D eigenvalue weighted by Gasteiger charge is 2.23. The predicted octanol–water partition coefficient (Wildman–Crippen LogP) is 2.55. The van der Waals surface area contributed by atoms with Crippen LogP contribution < -0.4 is 10.5 Å². The maximum atomic E-state index is 10.7. The van der Waals surface area contributed by atoms with Crippen molar-refractivity contribution in [1.29, 1.82) is 0 Å². The Labute approximate surface area is 106 Å². The SMILES string of the molecule is Cc1cc(OC2CCCCC2N)ccc1[N+](=O)[O-]. The first-order valence-electron chi connectivity index (χ1n) is 6.25. The second kappa shape index (κ2) is 5.35. The molecule has 5 heteroatoms. The molecule has 0 radical (unpaired) electrons. The van der Waals surface area contributed by atoms with E-state index >= 15 is 0 Å². The molecule has 98 valence electrons. The number of hydrogen-bond donors (Lipinski definition) is 1. The van der Waals surface area contributed by atoms with E-state index in [0.717, 1.165) is 25.7 Å². The molecule has 0 amide bonds. The monoisotopic (exact) mass is 250 g/mol. The normalized spacial score (nSPS) is 23.7. The average molecular weight is 250 g/mol. The van der Waals surface area contributed by atoms with Gasteiger partial charge in [-0.2, -0.15) is 0 Å². The van der Waals surface area contributed by atoms with Crippen LogP contribution in [0.4, 0.5) is 5.69 Å². The van der Waals surface area contributed by atoms with Crippen molar-refractivity contribution < 1.29 is 9.66 Å². The van der Waals surface area contributed by atoms with E-state index in [2.05, 4.69) is 0 Å². The van der Waals surface area contributed by atoms with Gasteiger partial charge in [0.2, 0.25) is 0 Å². The number of ether oxygens (including phenoxy) is 1. The number of nitrogens with two attached hydrogens (primary N) is 1. The Kier molecular flexibility index (Phi) is 3.81. The van der Waals surface area contributed by atoms with Gasteiger partial charge in [0.05, 0.1) is 4.92 Å². The molecule has 2 unspecified atom stereocenters. The van der Waals surface area contributed by atoms with Crippen LogP contribution in [0.2, 0.25) is 0 Å². The summed E-state index contributed by atoms with van der Waals surface area (Å²) in [6, 6.07) is 4.90. The van der Waals surface area contributed by atoms with E-state index < -0.39 is 0 Å². The van der Waals surface area contributed by atoms with Gasteiger partial charge in [-0.3, -0.25) is 10.1 Å². The number of hydrogen-bond acceptors (Lipinski definition) is 4. The van der Waals surface area contributed by atoms with Crippen LogP contribution in [-0.2, 0) is 0 Å². The molecular formula is C13H18N2O3. The zero-order valence-corrected chi connectivity index (χ0v) is 10.5. The van der Waals surface area contributed by atoms with Gasteiger partial charge in [-0.1, -0.05) is 6.42 Å². The fraction of sp³-hybridized carbons (Fsp3) is 0.538. The molecule has 0 spiro atoms. The van der Waals surface area contributed by atoms with Crippen molar-refractivity contribution in [3.8, 4) is 5.75 Å². The van der Waals surface area contributed by atoms with Gasteiger partial charge in [0.15, 0.2) is 0 Å². The van der Waals surface area contributed by atoms with Crippen LogP contribution in [0.15, 0.2) is 18.2 Å². The van der Waals surface area contributed by atoms with Gasteiger partial charge >= 0.3 is 0 Å². The van der Waals surface area contributed by atoms with Gasteiger partial charge in [0.1, 0.15) is 11.9 Å². The Balaban J connectivity index is 2.10. The minimum atomic E-state index is -0.383. The lowest BCUT2D eigenvalue weighted by Gasteiger charge is -2.29. The highest BCUT2D eigenvalue weighted by molar-refractivity contribution is 5.44. The van der Waals surface area contributed by atoms with E-state index in [4.69, 9.17) is 10.5 Å². The van der Waals surface area contributed by atoms with Gasteiger partial charge < -0.3 is 10.5 Å². The zero-order chi connectivity index (χ0) is 13.1. The second-order valence-electron chi connectivity index (χ2n) is 4.81. The Hall–Kier alpha value is -1.62. The molecule has 2 atom stereocenters. The van der Waals surface area contributed by atoms with E-state index in [9.17, 15) is 10.1 Å². The molecular weight excluding hydrogens is 232 g/mol. The number of nitro benzene ring substituents is 1. The van der Waals surface area contributed by atoms with Crippen LogP contribution in [0.3, 0.4) is 0 Å². The largest absolute Gasteiger partial charge is 0.489 e. The summed E-state index contributed by atoms with van der Waals surface area (Å²) >= 11 is 0. The maximum Gasteiger partial charge on any atom is 0.272 e. The van der Waals surface area contributed by atoms with Gasteiger partial charge in [-0.25, -0.2) is 0 Å². The second-order valence-corrected chi connectivity index (χ2v) is 4.81. The Bertz CT molecular complexity index is 448. The van der Waals surface area contributed by atoms with E-state index in [1.54, 1.807) is 19.1 Å². The molecule has 0 aliphatic heterocycles. The van der Waals surface area contributed by atoms with Crippen LogP contribution in [0.25, 0.3) is 0 Å². The van der Waals surface area contributed by atoms with Crippen molar-refractivity contribution >= 4 is 5.69 Å². The van der Waals surface area contributed by atoms with Crippen molar-refractivity contribution in [3.63, 3.8) is 0 Å². The Morgan fingerprint density at radius 1 is 1.39 bits per heavy atom. The third-order valence-electron chi connectivity index (χ3n) is 3.41. The number of nitro groups is 1. The first-order chi connectivity index (χ1) is 8.58. The van der Waals surface area contributed by atoms with Crippen LogP contribution in [0, 0.1) is 17.0 Å². The molecule has 2 N–H and O–H groups in total. The van der Waals surface area contributed by atoms with Gasteiger partial charge in [-0.15, -0.1) is 0 Å². The van der Waals surface area contributed by atoms with Crippen LogP contribution in [0.5, 0.6) is 5.75 Å². The standard InChI is InChI=1S/C13H18N2O3/c1-9-8-10(6-7-12(9)15(16)17)18-13-5-3-2-4-11(13)14/h6-8,11,13H,2-5,14H2,1H3. The first kappa shape index (κ1) is 12.8. The number of nitrogens with zero attached hydrogens (tertiary/aromatic N) is 1. The third-order valence-corrected chi connectivity index (χ3v) is 3.41. The third kappa shape index (κ3) is 2.79. The van der Waals surface area contributed by atoms with E-state index in [1.807, 2.05) is 0 Å². The van der Waals surface area contributed by atoms with E-state index in [0.29, 0.717) is 11.3 Å². The molecule has 1 fully saturated rings.